The number of halogens is 2. The van der Waals surface area contributed by atoms with Crippen LogP contribution in [0.15, 0.2) is 51.4 Å². The Labute approximate surface area is 123 Å². The summed E-state index contributed by atoms with van der Waals surface area (Å²) in [5.74, 6) is -0.543. The van der Waals surface area contributed by atoms with Gasteiger partial charge < -0.3 is 4.42 Å². The first-order valence-corrected chi connectivity index (χ1v) is 6.84. The van der Waals surface area contributed by atoms with Crippen molar-refractivity contribution in [2.24, 2.45) is 0 Å². The van der Waals surface area contributed by atoms with Crippen molar-refractivity contribution in [2.45, 2.75) is 6.92 Å². The minimum atomic E-state index is -0.425. The molecule has 0 radical (unpaired) electrons. The van der Waals surface area contributed by atoms with E-state index < -0.39 is 5.82 Å². The Morgan fingerprint density at radius 1 is 1.20 bits per heavy atom. The first-order chi connectivity index (χ1) is 9.54. The lowest BCUT2D eigenvalue weighted by Crippen LogP contribution is -2.00. The van der Waals surface area contributed by atoms with Crippen molar-refractivity contribution in [3.8, 4) is 0 Å². The van der Waals surface area contributed by atoms with Crippen molar-refractivity contribution in [3.63, 3.8) is 0 Å². The van der Waals surface area contributed by atoms with Crippen LogP contribution >= 0.6 is 15.9 Å². The van der Waals surface area contributed by atoms with E-state index in [0.717, 1.165) is 9.86 Å². The Kier molecular flexibility index (Phi) is 3.18. The number of carbonyl (C=O) groups is 1. The molecule has 100 valence electrons. The normalized spacial score (nSPS) is 10.9. The van der Waals surface area contributed by atoms with Gasteiger partial charge in [-0.1, -0.05) is 12.1 Å². The van der Waals surface area contributed by atoms with Gasteiger partial charge in [-0.15, -0.1) is 0 Å². The summed E-state index contributed by atoms with van der Waals surface area (Å²) in [6.45, 7) is 1.75. The lowest BCUT2D eigenvalue weighted by Gasteiger charge is -2.00. The molecule has 0 aliphatic heterocycles. The van der Waals surface area contributed by atoms with Crippen LogP contribution in [0, 0.1) is 12.7 Å². The Hall–Kier alpha value is -1.94. The number of fused-ring (bicyclic) bond motifs is 1. The molecule has 3 aromatic rings. The second-order valence-electron chi connectivity index (χ2n) is 4.62. The molecule has 1 aromatic heterocycles. The molecule has 0 bridgehead atoms. The van der Waals surface area contributed by atoms with Crippen LogP contribution in [0.2, 0.25) is 0 Å². The van der Waals surface area contributed by atoms with Crippen LogP contribution in [0.1, 0.15) is 21.7 Å². The number of benzene rings is 2. The lowest BCUT2D eigenvalue weighted by molar-refractivity contribution is 0.101. The molecule has 0 fully saturated rings. The van der Waals surface area contributed by atoms with Gasteiger partial charge in [-0.25, -0.2) is 4.39 Å². The number of ketones is 1. The van der Waals surface area contributed by atoms with Crippen molar-refractivity contribution < 1.29 is 13.6 Å². The Morgan fingerprint density at radius 2 is 2.00 bits per heavy atom. The van der Waals surface area contributed by atoms with Crippen molar-refractivity contribution in [1.82, 2.24) is 0 Å². The van der Waals surface area contributed by atoms with E-state index in [1.807, 2.05) is 18.2 Å². The molecule has 0 unspecified atom stereocenters. The molecule has 0 atom stereocenters. The fraction of sp³-hybridized carbons (Fsp3) is 0.0625. The summed E-state index contributed by atoms with van der Waals surface area (Å²) in [6.07, 6.45) is 0. The van der Waals surface area contributed by atoms with Crippen molar-refractivity contribution in [3.05, 3.63) is 69.6 Å². The zero-order valence-electron chi connectivity index (χ0n) is 10.6. The highest BCUT2D eigenvalue weighted by Gasteiger charge is 2.16. The van der Waals surface area contributed by atoms with Gasteiger partial charge in [0.25, 0.3) is 0 Å². The zero-order chi connectivity index (χ0) is 14.3. The molecule has 2 aromatic carbocycles. The smallest absolute Gasteiger partial charge is 0.228 e. The molecule has 0 spiro atoms. The number of hydrogen-bond donors (Lipinski definition) is 0. The van der Waals surface area contributed by atoms with E-state index in [0.29, 0.717) is 11.1 Å². The van der Waals surface area contributed by atoms with Gasteiger partial charge in [-0.2, -0.15) is 0 Å². The Morgan fingerprint density at radius 3 is 2.70 bits per heavy atom. The summed E-state index contributed by atoms with van der Waals surface area (Å²) in [4.78, 5) is 12.4. The van der Waals surface area contributed by atoms with Crippen LogP contribution in [-0.4, -0.2) is 5.78 Å². The first-order valence-electron chi connectivity index (χ1n) is 6.04. The van der Waals surface area contributed by atoms with Gasteiger partial charge >= 0.3 is 0 Å². The van der Waals surface area contributed by atoms with Crippen LogP contribution in [-0.2, 0) is 0 Å². The highest BCUT2D eigenvalue weighted by molar-refractivity contribution is 9.10. The number of aryl methyl sites for hydroxylation is 1. The first kappa shape index (κ1) is 13.1. The van der Waals surface area contributed by atoms with Crippen LogP contribution < -0.4 is 0 Å². The predicted molar refractivity (Wildman–Crippen MR) is 78.5 cm³/mol. The molecule has 2 nitrogen and oxygen atoms in total. The van der Waals surface area contributed by atoms with Crippen LogP contribution in [0.5, 0.6) is 0 Å². The SMILES string of the molecule is Cc1cc(F)cc(C(=O)c2cc3cccc(Br)c3o2)c1. The Bertz CT molecular complexity index is 800. The van der Waals surface area contributed by atoms with Gasteiger partial charge in [0, 0.05) is 10.9 Å². The van der Waals surface area contributed by atoms with E-state index >= 15 is 0 Å². The fourth-order valence-electron chi connectivity index (χ4n) is 2.15. The molecule has 0 saturated heterocycles. The third-order valence-corrected chi connectivity index (χ3v) is 3.65. The maximum Gasteiger partial charge on any atom is 0.228 e. The molecular weight excluding hydrogens is 323 g/mol. The van der Waals surface area contributed by atoms with Gasteiger partial charge in [0.2, 0.25) is 5.78 Å². The zero-order valence-corrected chi connectivity index (χ0v) is 12.2. The number of furan rings is 1. The largest absolute Gasteiger partial charge is 0.451 e. The van der Waals surface area contributed by atoms with Crippen molar-refractivity contribution in [1.29, 1.82) is 0 Å². The van der Waals surface area contributed by atoms with E-state index in [9.17, 15) is 9.18 Å². The maximum absolute atomic E-state index is 13.4. The number of carbonyl (C=O) groups excluding carboxylic acids is 1. The minimum Gasteiger partial charge on any atom is -0.451 e. The van der Waals surface area contributed by atoms with E-state index in [1.54, 1.807) is 19.1 Å². The van der Waals surface area contributed by atoms with Gasteiger partial charge in [0.15, 0.2) is 5.76 Å². The van der Waals surface area contributed by atoms with E-state index in [2.05, 4.69) is 15.9 Å². The number of hydrogen-bond acceptors (Lipinski definition) is 2. The van der Waals surface area contributed by atoms with Crippen molar-refractivity contribution in [2.75, 3.05) is 0 Å². The molecule has 4 heteroatoms. The summed E-state index contributed by atoms with van der Waals surface area (Å²) in [5, 5.41) is 0.829. The summed E-state index contributed by atoms with van der Waals surface area (Å²) < 4.78 is 19.7. The number of para-hydroxylation sites is 1. The standard InChI is InChI=1S/C16H10BrFO2/c1-9-5-11(7-12(18)6-9)15(19)14-8-10-3-2-4-13(17)16(10)20-14/h2-8H,1H3. The maximum atomic E-state index is 13.4. The summed E-state index contributed by atoms with van der Waals surface area (Å²) in [7, 11) is 0. The molecular formula is C16H10BrFO2. The molecule has 3 rings (SSSR count). The topological polar surface area (TPSA) is 30.2 Å². The minimum absolute atomic E-state index is 0.205. The second-order valence-corrected chi connectivity index (χ2v) is 5.47. The third kappa shape index (κ3) is 2.27. The molecule has 0 N–H and O–H groups in total. The van der Waals surface area contributed by atoms with E-state index in [-0.39, 0.29) is 17.1 Å². The lowest BCUT2D eigenvalue weighted by atomic mass is 10.1. The highest BCUT2D eigenvalue weighted by Crippen LogP contribution is 2.28. The molecule has 20 heavy (non-hydrogen) atoms. The summed E-state index contributed by atoms with van der Waals surface area (Å²) >= 11 is 3.37. The van der Waals surface area contributed by atoms with E-state index in [1.165, 1.54) is 12.1 Å². The summed E-state index contributed by atoms with van der Waals surface area (Å²) in [5.41, 5.74) is 1.60. The monoisotopic (exact) mass is 332 g/mol. The number of rotatable bonds is 2. The van der Waals surface area contributed by atoms with Crippen LogP contribution in [0.3, 0.4) is 0 Å². The summed E-state index contributed by atoms with van der Waals surface area (Å²) in [6, 6.07) is 11.5. The van der Waals surface area contributed by atoms with Gasteiger partial charge in [0.1, 0.15) is 11.4 Å². The van der Waals surface area contributed by atoms with Crippen LogP contribution in [0.25, 0.3) is 11.0 Å². The molecule has 0 saturated carbocycles. The predicted octanol–water partition coefficient (Wildman–Crippen LogP) is 4.87. The van der Waals surface area contributed by atoms with Gasteiger partial charge in [-0.05, 0) is 58.7 Å². The van der Waals surface area contributed by atoms with Gasteiger partial charge in [-0.3, -0.25) is 4.79 Å². The molecule has 0 amide bonds. The third-order valence-electron chi connectivity index (χ3n) is 3.02. The quantitative estimate of drug-likeness (QED) is 0.626. The van der Waals surface area contributed by atoms with Crippen molar-refractivity contribution >= 4 is 32.7 Å². The highest BCUT2D eigenvalue weighted by atomic mass is 79.9. The van der Waals surface area contributed by atoms with E-state index in [4.69, 9.17) is 4.42 Å². The molecule has 0 aliphatic rings. The molecule has 1 heterocycles. The molecule has 0 aliphatic carbocycles. The fourth-order valence-corrected chi connectivity index (χ4v) is 2.61. The van der Waals surface area contributed by atoms with Crippen LogP contribution in [0.4, 0.5) is 4.39 Å². The average molecular weight is 333 g/mol. The average Bonchev–Trinajstić information content (AvgIpc) is 2.82. The van der Waals surface area contributed by atoms with Gasteiger partial charge in [0.05, 0.1) is 4.47 Å². The Balaban J connectivity index is 2.10. The second kappa shape index (κ2) is 4.87.